The van der Waals surface area contributed by atoms with Gasteiger partial charge in [0.15, 0.2) is 6.19 Å². The van der Waals surface area contributed by atoms with Crippen molar-refractivity contribution in [1.29, 1.82) is 5.26 Å². The molecule has 2 nitrogen and oxygen atoms in total. The number of rotatable bonds is 9. The van der Waals surface area contributed by atoms with Crippen LogP contribution in [0.1, 0.15) is 58.3 Å². The van der Waals surface area contributed by atoms with Crippen LogP contribution >= 0.6 is 0 Å². The van der Waals surface area contributed by atoms with Gasteiger partial charge < -0.3 is 4.90 Å². The van der Waals surface area contributed by atoms with Gasteiger partial charge in [-0.3, -0.25) is 0 Å². The van der Waals surface area contributed by atoms with Crippen molar-refractivity contribution in [2.45, 2.75) is 58.3 Å². The predicted molar refractivity (Wildman–Crippen MR) is 60.9 cm³/mol. The van der Waals surface area contributed by atoms with Crippen LogP contribution in [-0.4, -0.2) is 18.5 Å². The molecule has 0 aliphatic rings. The molecule has 0 saturated carbocycles. The molecular formula is C12H24N2. The molecule has 0 radical (unpaired) electrons. The molecule has 0 fully saturated rings. The van der Waals surface area contributed by atoms with Crippen molar-refractivity contribution in [1.82, 2.24) is 4.90 Å². The Balaban J connectivity index is 2.96. The fraction of sp³-hybridized carbons (Fsp3) is 0.917. The third-order valence-electron chi connectivity index (χ3n) is 2.52. The molecule has 82 valence electrons. The summed E-state index contributed by atoms with van der Waals surface area (Å²) < 4.78 is 0. The van der Waals surface area contributed by atoms with Crippen molar-refractivity contribution in [3.05, 3.63) is 0 Å². The summed E-state index contributed by atoms with van der Waals surface area (Å²) in [5.74, 6) is 0. The Morgan fingerprint density at radius 3 is 1.93 bits per heavy atom. The summed E-state index contributed by atoms with van der Waals surface area (Å²) >= 11 is 0. The predicted octanol–water partition coefficient (Wildman–Crippen LogP) is 3.54. The molecule has 0 heterocycles. The second-order valence-corrected chi connectivity index (χ2v) is 4.00. The van der Waals surface area contributed by atoms with E-state index in [0.717, 1.165) is 13.0 Å². The lowest BCUT2D eigenvalue weighted by molar-refractivity contribution is 0.442. The van der Waals surface area contributed by atoms with Crippen molar-refractivity contribution < 1.29 is 0 Å². The van der Waals surface area contributed by atoms with Crippen LogP contribution in [0, 0.1) is 11.5 Å². The van der Waals surface area contributed by atoms with Crippen molar-refractivity contribution >= 4 is 0 Å². The van der Waals surface area contributed by atoms with E-state index in [2.05, 4.69) is 13.1 Å². The molecule has 0 saturated heterocycles. The largest absolute Gasteiger partial charge is 0.314 e. The second kappa shape index (κ2) is 10.4. The average molecular weight is 196 g/mol. The van der Waals surface area contributed by atoms with Crippen LogP contribution in [0.5, 0.6) is 0 Å². The third-order valence-corrected chi connectivity index (χ3v) is 2.52. The van der Waals surface area contributed by atoms with Crippen molar-refractivity contribution in [3.63, 3.8) is 0 Å². The number of hydrogen-bond acceptors (Lipinski definition) is 2. The third kappa shape index (κ3) is 9.38. The van der Waals surface area contributed by atoms with Gasteiger partial charge >= 0.3 is 0 Å². The maximum Gasteiger partial charge on any atom is 0.179 e. The molecule has 0 aromatic heterocycles. The maximum atomic E-state index is 8.51. The molecule has 0 aliphatic carbocycles. The standard InChI is InChI=1S/C12H24N2/c1-3-4-5-6-7-8-9-10-11-14(2)12-13/h3-11H2,1-2H3. The minimum atomic E-state index is 0.922. The Morgan fingerprint density at radius 2 is 1.43 bits per heavy atom. The van der Waals surface area contributed by atoms with E-state index < -0.39 is 0 Å². The van der Waals surface area contributed by atoms with Crippen LogP contribution in [0.15, 0.2) is 0 Å². The van der Waals surface area contributed by atoms with Crippen LogP contribution in [-0.2, 0) is 0 Å². The van der Waals surface area contributed by atoms with E-state index in [0.29, 0.717) is 0 Å². The molecule has 2 heteroatoms. The molecule has 0 unspecified atom stereocenters. The highest BCUT2D eigenvalue weighted by Crippen LogP contribution is 2.08. The zero-order valence-corrected chi connectivity index (χ0v) is 9.76. The summed E-state index contributed by atoms with van der Waals surface area (Å²) in [4.78, 5) is 1.71. The lowest BCUT2D eigenvalue weighted by Crippen LogP contribution is -2.11. The minimum absolute atomic E-state index is 0.922. The molecule has 0 aromatic carbocycles. The summed E-state index contributed by atoms with van der Waals surface area (Å²) in [5, 5.41) is 8.51. The zero-order chi connectivity index (χ0) is 10.6. The molecule has 0 rings (SSSR count). The first-order valence-corrected chi connectivity index (χ1v) is 5.92. The molecule has 0 N–H and O–H groups in total. The van der Waals surface area contributed by atoms with Gasteiger partial charge in [0.1, 0.15) is 0 Å². The monoisotopic (exact) mass is 196 g/mol. The topological polar surface area (TPSA) is 27.0 Å². The Kier molecular flexibility index (Phi) is 9.85. The van der Waals surface area contributed by atoms with Gasteiger partial charge in [-0.15, -0.1) is 0 Å². The smallest absolute Gasteiger partial charge is 0.179 e. The summed E-state index contributed by atoms with van der Waals surface area (Å²) in [5.41, 5.74) is 0. The lowest BCUT2D eigenvalue weighted by Gasteiger charge is -2.07. The highest BCUT2D eigenvalue weighted by molar-refractivity contribution is 4.67. The Labute approximate surface area is 88.9 Å². The number of unbranched alkanes of at least 4 members (excludes halogenated alkanes) is 7. The Bertz CT molecular complexity index is 149. The first-order valence-electron chi connectivity index (χ1n) is 5.92. The van der Waals surface area contributed by atoms with Crippen LogP contribution < -0.4 is 0 Å². The first-order chi connectivity index (χ1) is 6.81. The maximum absolute atomic E-state index is 8.51. The van der Waals surface area contributed by atoms with Gasteiger partial charge in [-0.1, -0.05) is 51.9 Å². The van der Waals surface area contributed by atoms with E-state index in [1.54, 1.807) is 4.90 Å². The van der Waals surface area contributed by atoms with E-state index in [9.17, 15) is 0 Å². The first kappa shape index (κ1) is 13.3. The van der Waals surface area contributed by atoms with Crippen LogP contribution in [0.4, 0.5) is 0 Å². The molecule has 0 spiro atoms. The number of nitriles is 1. The highest BCUT2D eigenvalue weighted by atomic mass is 15.1. The molecule has 14 heavy (non-hydrogen) atoms. The molecule has 0 aromatic rings. The number of nitrogens with zero attached hydrogens (tertiary/aromatic N) is 2. The second-order valence-electron chi connectivity index (χ2n) is 4.00. The summed E-state index contributed by atoms with van der Waals surface area (Å²) in [7, 11) is 1.85. The lowest BCUT2D eigenvalue weighted by atomic mass is 10.1. The minimum Gasteiger partial charge on any atom is -0.314 e. The summed E-state index contributed by atoms with van der Waals surface area (Å²) in [6, 6.07) is 0. The Morgan fingerprint density at radius 1 is 0.929 bits per heavy atom. The highest BCUT2D eigenvalue weighted by Gasteiger charge is 1.94. The van der Waals surface area contributed by atoms with Crippen molar-refractivity contribution in [2.75, 3.05) is 13.6 Å². The molecule has 0 aliphatic heterocycles. The van der Waals surface area contributed by atoms with Gasteiger partial charge in [-0.2, -0.15) is 5.26 Å². The molecule has 0 bridgehead atoms. The normalized spacial score (nSPS) is 9.79. The van der Waals surface area contributed by atoms with E-state index in [1.165, 1.54) is 44.9 Å². The SMILES string of the molecule is CCCCCCCCCCN(C)C#N. The van der Waals surface area contributed by atoms with Crippen molar-refractivity contribution in [3.8, 4) is 6.19 Å². The van der Waals surface area contributed by atoms with Crippen molar-refractivity contribution in [2.24, 2.45) is 0 Å². The summed E-state index contributed by atoms with van der Waals surface area (Å²) in [6.45, 7) is 3.17. The Hall–Kier alpha value is -0.710. The van der Waals surface area contributed by atoms with Gasteiger partial charge in [-0.05, 0) is 6.42 Å². The molecule has 0 amide bonds. The average Bonchev–Trinajstić information content (AvgIpc) is 2.21. The van der Waals surface area contributed by atoms with E-state index in [-0.39, 0.29) is 0 Å². The van der Waals surface area contributed by atoms with E-state index >= 15 is 0 Å². The fourth-order valence-corrected chi connectivity index (χ4v) is 1.53. The molecular weight excluding hydrogens is 172 g/mol. The van der Waals surface area contributed by atoms with Gasteiger partial charge in [0, 0.05) is 13.6 Å². The fourth-order valence-electron chi connectivity index (χ4n) is 1.53. The van der Waals surface area contributed by atoms with Gasteiger partial charge in [-0.25, -0.2) is 0 Å². The summed E-state index contributed by atoms with van der Waals surface area (Å²) in [6.07, 6.45) is 12.8. The van der Waals surface area contributed by atoms with Crippen LogP contribution in [0.3, 0.4) is 0 Å². The van der Waals surface area contributed by atoms with Crippen LogP contribution in [0.25, 0.3) is 0 Å². The number of hydrogen-bond donors (Lipinski definition) is 0. The van der Waals surface area contributed by atoms with Gasteiger partial charge in [0.2, 0.25) is 0 Å². The molecule has 0 atom stereocenters. The van der Waals surface area contributed by atoms with Gasteiger partial charge in [0.25, 0.3) is 0 Å². The van der Waals surface area contributed by atoms with E-state index in [4.69, 9.17) is 5.26 Å². The van der Waals surface area contributed by atoms with E-state index in [1.807, 2.05) is 7.05 Å². The van der Waals surface area contributed by atoms with Crippen LogP contribution in [0.2, 0.25) is 0 Å². The quantitative estimate of drug-likeness (QED) is 0.320. The van der Waals surface area contributed by atoms with Gasteiger partial charge in [0.05, 0.1) is 0 Å². The zero-order valence-electron chi connectivity index (χ0n) is 9.76.